The van der Waals surface area contributed by atoms with Gasteiger partial charge in [-0.2, -0.15) is 0 Å². The zero-order valence-electron chi connectivity index (χ0n) is 7.70. The van der Waals surface area contributed by atoms with Crippen LogP contribution in [0.4, 0.5) is 11.5 Å². The molecule has 0 saturated carbocycles. The van der Waals surface area contributed by atoms with Crippen molar-refractivity contribution in [1.82, 2.24) is 9.97 Å². The van der Waals surface area contributed by atoms with Gasteiger partial charge in [-0.1, -0.05) is 12.2 Å². The third-order valence-electron chi connectivity index (χ3n) is 1.58. The standard InChI is InChI=1S/C9H14N4/c1-2-3-4-5-12-9-8(10)6-11-7-13-9/h2-3,6-7H,4-5,10H2,1H3,(H,11,12,13)/b3-2+. The Labute approximate surface area is 77.9 Å². The van der Waals surface area contributed by atoms with Crippen LogP contribution in [0.15, 0.2) is 24.7 Å². The van der Waals surface area contributed by atoms with Crippen molar-refractivity contribution in [2.45, 2.75) is 13.3 Å². The summed E-state index contributed by atoms with van der Waals surface area (Å²) in [6, 6.07) is 0. The minimum absolute atomic E-state index is 0.586. The largest absolute Gasteiger partial charge is 0.394 e. The topological polar surface area (TPSA) is 63.8 Å². The molecule has 70 valence electrons. The molecule has 0 aliphatic heterocycles. The van der Waals surface area contributed by atoms with Crippen LogP contribution < -0.4 is 11.1 Å². The first-order chi connectivity index (χ1) is 6.34. The summed E-state index contributed by atoms with van der Waals surface area (Å²) in [5, 5.41) is 3.12. The first-order valence-corrected chi connectivity index (χ1v) is 4.25. The quantitative estimate of drug-likeness (QED) is 0.541. The first kappa shape index (κ1) is 9.51. The predicted octanol–water partition coefficient (Wildman–Crippen LogP) is 1.44. The molecule has 0 atom stereocenters. The molecule has 13 heavy (non-hydrogen) atoms. The summed E-state index contributed by atoms with van der Waals surface area (Å²) >= 11 is 0. The number of nitrogens with one attached hydrogen (secondary N) is 1. The van der Waals surface area contributed by atoms with E-state index >= 15 is 0 Å². The number of hydrogen-bond donors (Lipinski definition) is 2. The summed E-state index contributed by atoms with van der Waals surface area (Å²) in [7, 11) is 0. The highest BCUT2D eigenvalue weighted by Crippen LogP contribution is 2.10. The van der Waals surface area contributed by atoms with Gasteiger partial charge in [0.2, 0.25) is 0 Å². The van der Waals surface area contributed by atoms with E-state index in [0.29, 0.717) is 11.5 Å². The summed E-state index contributed by atoms with van der Waals surface area (Å²) in [5.74, 6) is 0.708. The fraction of sp³-hybridized carbons (Fsp3) is 0.333. The Morgan fingerprint density at radius 3 is 3.15 bits per heavy atom. The minimum Gasteiger partial charge on any atom is -0.394 e. The smallest absolute Gasteiger partial charge is 0.152 e. The van der Waals surface area contributed by atoms with E-state index in [1.807, 2.05) is 13.0 Å². The molecule has 1 aromatic rings. The molecule has 0 aromatic carbocycles. The van der Waals surface area contributed by atoms with E-state index in [2.05, 4.69) is 21.4 Å². The van der Waals surface area contributed by atoms with Gasteiger partial charge in [0.05, 0.1) is 11.9 Å². The van der Waals surface area contributed by atoms with Gasteiger partial charge in [0.15, 0.2) is 5.82 Å². The Bertz CT molecular complexity index is 283. The SMILES string of the molecule is C/C=C/CCNc1ncncc1N. The molecule has 0 fully saturated rings. The third kappa shape index (κ3) is 3.11. The Hall–Kier alpha value is -1.58. The second-order valence-corrected chi connectivity index (χ2v) is 2.61. The molecule has 4 nitrogen and oxygen atoms in total. The van der Waals surface area contributed by atoms with Gasteiger partial charge in [-0.3, -0.25) is 0 Å². The zero-order chi connectivity index (χ0) is 9.52. The highest BCUT2D eigenvalue weighted by Gasteiger charge is 1.96. The van der Waals surface area contributed by atoms with Gasteiger partial charge in [0.1, 0.15) is 6.33 Å². The Balaban J connectivity index is 2.41. The first-order valence-electron chi connectivity index (χ1n) is 4.25. The van der Waals surface area contributed by atoms with E-state index in [1.54, 1.807) is 6.20 Å². The molecule has 0 amide bonds. The minimum atomic E-state index is 0.586. The molecule has 1 aromatic heterocycles. The molecule has 0 aliphatic carbocycles. The second-order valence-electron chi connectivity index (χ2n) is 2.61. The van der Waals surface area contributed by atoms with E-state index in [1.165, 1.54) is 6.33 Å². The molecule has 1 rings (SSSR count). The number of aromatic nitrogens is 2. The lowest BCUT2D eigenvalue weighted by Gasteiger charge is -2.04. The van der Waals surface area contributed by atoms with Crippen LogP contribution in [0.1, 0.15) is 13.3 Å². The lowest BCUT2D eigenvalue weighted by atomic mass is 10.4. The van der Waals surface area contributed by atoms with Gasteiger partial charge in [-0.25, -0.2) is 9.97 Å². The van der Waals surface area contributed by atoms with Crippen LogP contribution in [-0.4, -0.2) is 16.5 Å². The number of nitrogens with two attached hydrogens (primary N) is 1. The van der Waals surface area contributed by atoms with Gasteiger partial charge in [0, 0.05) is 6.54 Å². The summed E-state index contributed by atoms with van der Waals surface area (Å²) < 4.78 is 0. The molecular weight excluding hydrogens is 164 g/mol. The lowest BCUT2D eigenvalue weighted by molar-refractivity contribution is 1.04. The summed E-state index contributed by atoms with van der Waals surface area (Å²) in [5.41, 5.74) is 6.22. The maximum Gasteiger partial charge on any atom is 0.152 e. The third-order valence-corrected chi connectivity index (χ3v) is 1.58. The van der Waals surface area contributed by atoms with Crippen LogP contribution in [0.25, 0.3) is 0 Å². The summed E-state index contributed by atoms with van der Waals surface area (Å²) in [4.78, 5) is 7.80. The van der Waals surface area contributed by atoms with Crippen LogP contribution in [0.5, 0.6) is 0 Å². The van der Waals surface area contributed by atoms with Crippen molar-refractivity contribution in [1.29, 1.82) is 0 Å². The zero-order valence-corrected chi connectivity index (χ0v) is 7.70. The van der Waals surface area contributed by atoms with Crippen molar-refractivity contribution in [2.75, 3.05) is 17.6 Å². The van der Waals surface area contributed by atoms with Crippen LogP contribution >= 0.6 is 0 Å². The molecule has 0 saturated heterocycles. The number of anilines is 2. The molecule has 1 heterocycles. The number of nitrogen functional groups attached to an aromatic ring is 1. The second kappa shape index (κ2) is 5.13. The predicted molar refractivity (Wildman–Crippen MR) is 54.4 cm³/mol. The van der Waals surface area contributed by atoms with Crippen molar-refractivity contribution in [3.05, 3.63) is 24.7 Å². The monoisotopic (exact) mass is 178 g/mol. The van der Waals surface area contributed by atoms with E-state index < -0.39 is 0 Å². The van der Waals surface area contributed by atoms with Crippen molar-refractivity contribution >= 4 is 11.5 Å². The molecule has 4 heteroatoms. The highest BCUT2D eigenvalue weighted by atomic mass is 15.0. The maximum atomic E-state index is 5.63. The molecule has 0 radical (unpaired) electrons. The maximum absolute atomic E-state index is 5.63. The summed E-state index contributed by atoms with van der Waals surface area (Å²) in [6.07, 6.45) is 8.15. The average molecular weight is 178 g/mol. The summed E-state index contributed by atoms with van der Waals surface area (Å²) in [6.45, 7) is 2.84. The Morgan fingerprint density at radius 2 is 2.46 bits per heavy atom. The fourth-order valence-corrected chi connectivity index (χ4v) is 0.929. The van der Waals surface area contributed by atoms with Crippen molar-refractivity contribution in [3.63, 3.8) is 0 Å². The van der Waals surface area contributed by atoms with E-state index in [9.17, 15) is 0 Å². The molecular formula is C9H14N4. The van der Waals surface area contributed by atoms with Crippen molar-refractivity contribution in [3.8, 4) is 0 Å². The van der Waals surface area contributed by atoms with Crippen LogP contribution in [0.2, 0.25) is 0 Å². The van der Waals surface area contributed by atoms with Crippen molar-refractivity contribution in [2.24, 2.45) is 0 Å². The molecule has 0 spiro atoms. The number of allylic oxidation sites excluding steroid dienone is 1. The van der Waals surface area contributed by atoms with Gasteiger partial charge in [-0.15, -0.1) is 0 Å². The average Bonchev–Trinajstić information content (AvgIpc) is 2.15. The van der Waals surface area contributed by atoms with E-state index in [-0.39, 0.29) is 0 Å². The fourth-order valence-electron chi connectivity index (χ4n) is 0.929. The Morgan fingerprint density at radius 1 is 1.62 bits per heavy atom. The highest BCUT2D eigenvalue weighted by molar-refractivity contribution is 5.58. The molecule has 0 aliphatic rings. The van der Waals surface area contributed by atoms with E-state index in [0.717, 1.165) is 13.0 Å². The van der Waals surface area contributed by atoms with Gasteiger partial charge in [-0.05, 0) is 13.3 Å². The van der Waals surface area contributed by atoms with Crippen LogP contribution in [0.3, 0.4) is 0 Å². The molecule has 0 unspecified atom stereocenters. The van der Waals surface area contributed by atoms with Crippen molar-refractivity contribution < 1.29 is 0 Å². The van der Waals surface area contributed by atoms with Crippen LogP contribution in [0, 0.1) is 0 Å². The van der Waals surface area contributed by atoms with Crippen LogP contribution in [-0.2, 0) is 0 Å². The normalized spacial score (nSPS) is 10.5. The Kier molecular flexibility index (Phi) is 3.75. The van der Waals surface area contributed by atoms with Gasteiger partial charge in [0.25, 0.3) is 0 Å². The van der Waals surface area contributed by atoms with Gasteiger partial charge < -0.3 is 11.1 Å². The number of hydrogen-bond acceptors (Lipinski definition) is 4. The molecule has 3 N–H and O–H groups in total. The van der Waals surface area contributed by atoms with Gasteiger partial charge >= 0.3 is 0 Å². The number of rotatable bonds is 4. The molecule has 0 bridgehead atoms. The lowest BCUT2D eigenvalue weighted by Crippen LogP contribution is -2.05. The number of nitrogens with zero attached hydrogens (tertiary/aromatic N) is 2. The van der Waals surface area contributed by atoms with E-state index in [4.69, 9.17) is 5.73 Å².